The molecule has 1 fully saturated rings. The van der Waals surface area contributed by atoms with E-state index in [9.17, 15) is 0 Å². The number of hydrogen-bond donors (Lipinski definition) is 1. The Balaban J connectivity index is 2.15. The minimum absolute atomic E-state index is 0.504. The zero-order valence-electron chi connectivity index (χ0n) is 13.5. The van der Waals surface area contributed by atoms with Gasteiger partial charge in [0.05, 0.1) is 5.01 Å². The van der Waals surface area contributed by atoms with Crippen LogP contribution in [0.15, 0.2) is 5.38 Å². The van der Waals surface area contributed by atoms with Gasteiger partial charge in [0.25, 0.3) is 0 Å². The lowest BCUT2D eigenvalue weighted by molar-refractivity contribution is 0.155. The highest BCUT2D eigenvalue weighted by molar-refractivity contribution is 7.09. The summed E-state index contributed by atoms with van der Waals surface area (Å²) in [6, 6.07) is 0.600. The molecule has 1 aromatic heterocycles. The van der Waals surface area contributed by atoms with Crippen LogP contribution in [0.5, 0.6) is 0 Å². The fraction of sp³-hybridized carbons (Fsp3) is 0.824. The van der Waals surface area contributed by atoms with Crippen LogP contribution in [0, 0.1) is 18.3 Å². The molecular formula is C17H30N2S. The summed E-state index contributed by atoms with van der Waals surface area (Å²) < 4.78 is 0. The smallest absolute Gasteiger partial charge is 0.0943 e. The van der Waals surface area contributed by atoms with Crippen molar-refractivity contribution in [3.8, 4) is 0 Å². The molecule has 1 aromatic rings. The summed E-state index contributed by atoms with van der Waals surface area (Å²) in [6.07, 6.45) is 8.07. The molecule has 0 amide bonds. The van der Waals surface area contributed by atoms with Gasteiger partial charge < -0.3 is 5.32 Å². The number of likely N-dealkylation sites (N-methyl/N-ethyl adjacent to an activating group) is 1. The van der Waals surface area contributed by atoms with Crippen molar-refractivity contribution in [3.05, 3.63) is 16.1 Å². The first-order valence-electron chi connectivity index (χ1n) is 8.20. The number of nitrogens with one attached hydrogen (secondary N) is 1. The molecule has 20 heavy (non-hydrogen) atoms. The Labute approximate surface area is 128 Å². The maximum Gasteiger partial charge on any atom is 0.0943 e. The first kappa shape index (κ1) is 16.0. The largest absolute Gasteiger partial charge is 0.313 e. The molecule has 0 saturated heterocycles. The average Bonchev–Trinajstić information content (AvgIpc) is 2.98. The molecule has 1 unspecified atom stereocenters. The highest BCUT2D eigenvalue weighted by atomic mass is 32.1. The van der Waals surface area contributed by atoms with Crippen LogP contribution >= 0.6 is 11.3 Å². The molecule has 3 heteroatoms. The molecular weight excluding hydrogens is 264 g/mol. The van der Waals surface area contributed by atoms with Crippen molar-refractivity contribution in [3.63, 3.8) is 0 Å². The third-order valence-electron chi connectivity index (χ3n) is 4.65. The molecule has 2 rings (SSSR count). The molecule has 1 aliphatic carbocycles. The normalized spacial score (nSPS) is 19.6. The van der Waals surface area contributed by atoms with Crippen molar-refractivity contribution >= 4 is 11.3 Å². The summed E-state index contributed by atoms with van der Waals surface area (Å²) in [4.78, 5) is 4.69. The van der Waals surface area contributed by atoms with Gasteiger partial charge in [0.1, 0.15) is 0 Å². The van der Waals surface area contributed by atoms with Gasteiger partial charge in [0, 0.05) is 23.5 Å². The molecule has 0 aromatic carbocycles. The third-order valence-corrected chi connectivity index (χ3v) is 5.64. The first-order valence-corrected chi connectivity index (χ1v) is 9.08. The zero-order valence-corrected chi connectivity index (χ0v) is 14.4. The molecule has 0 radical (unpaired) electrons. The molecule has 1 heterocycles. The third kappa shape index (κ3) is 3.82. The van der Waals surface area contributed by atoms with Crippen LogP contribution < -0.4 is 5.32 Å². The van der Waals surface area contributed by atoms with Crippen molar-refractivity contribution in [2.24, 2.45) is 11.3 Å². The Morgan fingerprint density at radius 1 is 1.35 bits per heavy atom. The number of aryl methyl sites for hydroxylation is 1. The van der Waals surface area contributed by atoms with Gasteiger partial charge in [0.15, 0.2) is 0 Å². The minimum atomic E-state index is 0.504. The lowest BCUT2D eigenvalue weighted by atomic mass is 9.71. The Kier molecular flexibility index (Phi) is 5.62. The van der Waals surface area contributed by atoms with Crippen LogP contribution in [0.3, 0.4) is 0 Å². The Bertz CT molecular complexity index is 405. The van der Waals surface area contributed by atoms with Gasteiger partial charge in [-0.2, -0.15) is 0 Å². The second-order valence-corrected chi connectivity index (χ2v) is 7.81. The molecule has 2 nitrogen and oxygen atoms in total. The Morgan fingerprint density at radius 2 is 2.05 bits per heavy atom. The second kappa shape index (κ2) is 7.04. The van der Waals surface area contributed by atoms with Crippen LogP contribution in [-0.2, 0) is 6.42 Å². The molecule has 1 aliphatic rings. The summed E-state index contributed by atoms with van der Waals surface area (Å²) in [7, 11) is 0. The quantitative estimate of drug-likeness (QED) is 0.796. The van der Waals surface area contributed by atoms with Gasteiger partial charge in [0.2, 0.25) is 0 Å². The molecule has 0 spiro atoms. The molecule has 1 saturated carbocycles. The van der Waals surface area contributed by atoms with Crippen molar-refractivity contribution in [2.45, 2.75) is 72.3 Å². The lowest BCUT2D eigenvalue weighted by Crippen LogP contribution is -2.46. The number of thiazole rings is 1. The van der Waals surface area contributed by atoms with Crippen LogP contribution in [0.1, 0.15) is 63.6 Å². The molecule has 1 N–H and O–H groups in total. The average molecular weight is 295 g/mol. The molecule has 0 bridgehead atoms. The highest BCUT2D eigenvalue weighted by Gasteiger charge is 2.41. The lowest BCUT2D eigenvalue weighted by Gasteiger charge is -2.39. The fourth-order valence-corrected chi connectivity index (χ4v) is 4.83. The van der Waals surface area contributed by atoms with Crippen LogP contribution in [0.2, 0.25) is 0 Å². The molecule has 0 aliphatic heterocycles. The van der Waals surface area contributed by atoms with Gasteiger partial charge in [-0.25, -0.2) is 4.98 Å². The van der Waals surface area contributed by atoms with Gasteiger partial charge in [-0.15, -0.1) is 11.3 Å². The SMILES string of the molecule is CCNC(Cc1nc(C)cs1)C1(CC(C)C)CCCC1. The van der Waals surface area contributed by atoms with Crippen molar-refractivity contribution < 1.29 is 0 Å². The van der Waals surface area contributed by atoms with Crippen LogP contribution in [0.25, 0.3) is 0 Å². The van der Waals surface area contributed by atoms with E-state index in [0.717, 1.165) is 18.9 Å². The molecule has 114 valence electrons. The van der Waals surface area contributed by atoms with E-state index in [1.165, 1.54) is 42.8 Å². The number of hydrogen-bond acceptors (Lipinski definition) is 3. The monoisotopic (exact) mass is 294 g/mol. The standard InChI is InChI=1S/C17H30N2S/c1-5-18-15(10-16-19-14(4)12-20-16)17(11-13(2)3)8-6-7-9-17/h12-13,15,18H,5-11H2,1-4H3. The van der Waals surface area contributed by atoms with Crippen molar-refractivity contribution in [1.29, 1.82) is 0 Å². The van der Waals surface area contributed by atoms with E-state index < -0.39 is 0 Å². The van der Waals surface area contributed by atoms with E-state index in [4.69, 9.17) is 4.98 Å². The maximum atomic E-state index is 4.69. The number of nitrogens with zero attached hydrogens (tertiary/aromatic N) is 1. The summed E-state index contributed by atoms with van der Waals surface area (Å²) in [6.45, 7) is 10.1. The van der Waals surface area contributed by atoms with Crippen molar-refractivity contribution in [1.82, 2.24) is 10.3 Å². The predicted molar refractivity (Wildman–Crippen MR) is 88.4 cm³/mol. The van der Waals surface area contributed by atoms with E-state index in [2.05, 4.69) is 38.4 Å². The summed E-state index contributed by atoms with van der Waals surface area (Å²) in [5.74, 6) is 0.785. The summed E-state index contributed by atoms with van der Waals surface area (Å²) in [5.41, 5.74) is 1.67. The van der Waals surface area contributed by atoms with E-state index >= 15 is 0 Å². The van der Waals surface area contributed by atoms with E-state index in [0.29, 0.717) is 11.5 Å². The van der Waals surface area contributed by atoms with Crippen LogP contribution in [-0.4, -0.2) is 17.6 Å². The van der Waals surface area contributed by atoms with Gasteiger partial charge >= 0.3 is 0 Å². The minimum Gasteiger partial charge on any atom is -0.313 e. The number of rotatable bonds is 7. The van der Waals surface area contributed by atoms with E-state index in [1.807, 2.05) is 11.3 Å². The Morgan fingerprint density at radius 3 is 2.55 bits per heavy atom. The van der Waals surface area contributed by atoms with Crippen LogP contribution in [0.4, 0.5) is 0 Å². The van der Waals surface area contributed by atoms with E-state index in [-0.39, 0.29) is 0 Å². The maximum absolute atomic E-state index is 4.69. The van der Waals surface area contributed by atoms with Gasteiger partial charge in [-0.05, 0) is 44.1 Å². The predicted octanol–water partition coefficient (Wildman–Crippen LogP) is 4.58. The Hall–Kier alpha value is -0.410. The second-order valence-electron chi connectivity index (χ2n) is 6.86. The summed E-state index contributed by atoms with van der Waals surface area (Å²) >= 11 is 1.83. The first-order chi connectivity index (χ1) is 9.55. The topological polar surface area (TPSA) is 24.9 Å². The van der Waals surface area contributed by atoms with Gasteiger partial charge in [-0.3, -0.25) is 0 Å². The number of aromatic nitrogens is 1. The van der Waals surface area contributed by atoms with Gasteiger partial charge in [-0.1, -0.05) is 33.6 Å². The highest BCUT2D eigenvalue weighted by Crippen LogP contribution is 2.46. The molecule has 1 atom stereocenters. The summed E-state index contributed by atoms with van der Waals surface area (Å²) in [5, 5.41) is 7.29. The zero-order chi connectivity index (χ0) is 14.6. The fourth-order valence-electron chi connectivity index (χ4n) is 4.01. The van der Waals surface area contributed by atoms with Crippen molar-refractivity contribution in [2.75, 3.05) is 6.54 Å². The van der Waals surface area contributed by atoms with E-state index in [1.54, 1.807) is 0 Å².